The van der Waals surface area contributed by atoms with Crippen LogP contribution in [0.3, 0.4) is 0 Å². The molecule has 1 aromatic carbocycles. The minimum atomic E-state index is -0.479. The number of likely N-dealkylation sites (tertiary alicyclic amines) is 1. The average molecular weight is 304 g/mol. The van der Waals surface area contributed by atoms with Gasteiger partial charge < -0.3 is 15.0 Å². The SMILES string of the molecule is COc1ccc(C(=O)N[C@@H](C(=O)N2CCCC2)C(C)C)cc1. The van der Waals surface area contributed by atoms with Crippen LogP contribution in [0.1, 0.15) is 37.0 Å². The lowest BCUT2D eigenvalue weighted by molar-refractivity contribution is -0.133. The second-order valence-corrected chi connectivity index (χ2v) is 5.96. The Bertz CT molecular complexity index is 519. The summed E-state index contributed by atoms with van der Waals surface area (Å²) in [5.41, 5.74) is 0.528. The minimum absolute atomic E-state index is 0.0226. The first kappa shape index (κ1) is 16.3. The van der Waals surface area contributed by atoms with E-state index in [1.54, 1.807) is 31.4 Å². The fourth-order valence-corrected chi connectivity index (χ4v) is 2.61. The summed E-state index contributed by atoms with van der Waals surface area (Å²) in [5, 5.41) is 2.88. The van der Waals surface area contributed by atoms with Crippen molar-refractivity contribution >= 4 is 11.8 Å². The topological polar surface area (TPSA) is 58.6 Å². The van der Waals surface area contributed by atoms with E-state index in [0.717, 1.165) is 25.9 Å². The number of methoxy groups -OCH3 is 1. The Kier molecular flexibility index (Phi) is 5.41. The lowest BCUT2D eigenvalue weighted by atomic mass is 10.0. The number of amides is 2. The van der Waals surface area contributed by atoms with E-state index in [1.807, 2.05) is 18.7 Å². The van der Waals surface area contributed by atoms with Gasteiger partial charge in [0, 0.05) is 18.7 Å². The maximum absolute atomic E-state index is 12.5. The third-order valence-electron chi connectivity index (χ3n) is 3.99. The third-order valence-corrected chi connectivity index (χ3v) is 3.99. The quantitative estimate of drug-likeness (QED) is 0.906. The predicted octanol–water partition coefficient (Wildman–Crippen LogP) is 2.07. The van der Waals surface area contributed by atoms with Gasteiger partial charge in [0.2, 0.25) is 5.91 Å². The number of nitrogens with zero attached hydrogens (tertiary/aromatic N) is 1. The molecule has 0 radical (unpaired) electrons. The number of carbonyl (C=O) groups excluding carboxylic acids is 2. The Balaban J connectivity index is 2.06. The highest BCUT2D eigenvalue weighted by Gasteiger charge is 2.30. The summed E-state index contributed by atoms with van der Waals surface area (Å²) in [5.74, 6) is 0.545. The maximum atomic E-state index is 12.5. The van der Waals surface area contributed by atoms with Gasteiger partial charge in [-0.15, -0.1) is 0 Å². The summed E-state index contributed by atoms with van der Waals surface area (Å²) in [4.78, 5) is 26.7. The Labute approximate surface area is 131 Å². The number of nitrogens with one attached hydrogen (secondary N) is 1. The van der Waals surface area contributed by atoms with E-state index in [-0.39, 0.29) is 17.7 Å². The molecule has 1 aliphatic heterocycles. The molecule has 1 heterocycles. The molecule has 0 spiro atoms. The van der Waals surface area contributed by atoms with Crippen LogP contribution in [0, 0.1) is 5.92 Å². The molecule has 5 nitrogen and oxygen atoms in total. The Morgan fingerprint density at radius 3 is 2.23 bits per heavy atom. The van der Waals surface area contributed by atoms with Crippen molar-refractivity contribution in [2.24, 2.45) is 5.92 Å². The maximum Gasteiger partial charge on any atom is 0.251 e. The Morgan fingerprint density at radius 1 is 1.14 bits per heavy atom. The summed E-state index contributed by atoms with van der Waals surface area (Å²) in [6, 6.07) is 6.40. The van der Waals surface area contributed by atoms with Crippen LogP contribution in [-0.4, -0.2) is 43.0 Å². The van der Waals surface area contributed by atoms with E-state index in [2.05, 4.69) is 5.32 Å². The first-order valence-corrected chi connectivity index (χ1v) is 7.76. The van der Waals surface area contributed by atoms with Crippen molar-refractivity contribution in [3.8, 4) is 5.75 Å². The molecule has 1 fully saturated rings. The second kappa shape index (κ2) is 7.29. The van der Waals surface area contributed by atoms with Gasteiger partial charge in [0.1, 0.15) is 11.8 Å². The monoisotopic (exact) mass is 304 g/mol. The molecule has 0 aromatic heterocycles. The van der Waals surface area contributed by atoms with Gasteiger partial charge in [-0.25, -0.2) is 0 Å². The van der Waals surface area contributed by atoms with Crippen LogP contribution in [0.15, 0.2) is 24.3 Å². The van der Waals surface area contributed by atoms with Gasteiger partial charge in [-0.2, -0.15) is 0 Å². The normalized spacial score (nSPS) is 15.7. The second-order valence-electron chi connectivity index (χ2n) is 5.96. The molecule has 1 saturated heterocycles. The molecule has 22 heavy (non-hydrogen) atoms. The summed E-state index contributed by atoms with van der Waals surface area (Å²) in [7, 11) is 1.58. The van der Waals surface area contributed by atoms with Crippen molar-refractivity contribution in [3.05, 3.63) is 29.8 Å². The fourth-order valence-electron chi connectivity index (χ4n) is 2.61. The fraction of sp³-hybridized carbons (Fsp3) is 0.529. The average Bonchev–Trinajstić information content (AvgIpc) is 3.06. The van der Waals surface area contributed by atoms with E-state index >= 15 is 0 Å². The van der Waals surface area contributed by atoms with Crippen LogP contribution in [0.4, 0.5) is 0 Å². The van der Waals surface area contributed by atoms with Crippen molar-refractivity contribution in [1.82, 2.24) is 10.2 Å². The van der Waals surface area contributed by atoms with Gasteiger partial charge in [0.05, 0.1) is 7.11 Å². The summed E-state index contributed by atoms with van der Waals surface area (Å²) >= 11 is 0. The van der Waals surface area contributed by atoms with Gasteiger partial charge in [-0.3, -0.25) is 9.59 Å². The number of hydrogen-bond acceptors (Lipinski definition) is 3. The van der Waals surface area contributed by atoms with Crippen molar-refractivity contribution in [3.63, 3.8) is 0 Å². The smallest absolute Gasteiger partial charge is 0.251 e. The molecule has 120 valence electrons. The molecule has 0 unspecified atom stereocenters. The zero-order valence-corrected chi connectivity index (χ0v) is 13.5. The molecule has 2 amide bonds. The Hall–Kier alpha value is -2.04. The van der Waals surface area contributed by atoms with Crippen molar-refractivity contribution in [2.45, 2.75) is 32.7 Å². The minimum Gasteiger partial charge on any atom is -0.497 e. The van der Waals surface area contributed by atoms with E-state index in [9.17, 15) is 9.59 Å². The van der Waals surface area contributed by atoms with Crippen LogP contribution in [0.25, 0.3) is 0 Å². The van der Waals surface area contributed by atoms with Crippen LogP contribution in [-0.2, 0) is 4.79 Å². The lowest BCUT2D eigenvalue weighted by Crippen LogP contribution is -2.50. The predicted molar refractivity (Wildman–Crippen MR) is 84.9 cm³/mol. The van der Waals surface area contributed by atoms with Crippen LogP contribution in [0.2, 0.25) is 0 Å². The molecular weight excluding hydrogens is 280 g/mol. The van der Waals surface area contributed by atoms with E-state index in [4.69, 9.17) is 4.74 Å². The van der Waals surface area contributed by atoms with Crippen molar-refractivity contribution < 1.29 is 14.3 Å². The molecule has 1 aromatic rings. The zero-order valence-electron chi connectivity index (χ0n) is 13.5. The first-order valence-electron chi connectivity index (χ1n) is 7.76. The van der Waals surface area contributed by atoms with Crippen molar-refractivity contribution in [1.29, 1.82) is 0 Å². The van der Waals surface area contributed by atoms with Crippen molar-refractivity contribution in [2.75, 3.05) is 20.2 Å². The molecule has 2 rings (SSSR count). The molecule has 5 heteroatoms. The summed E-state index contributed by atoms with van der Waals surface area (Å²) in [6.45, 7) is 5.49. The van der Waals surface area contributed by atoms with E-state index in [0.29, 0.717) is 11.3 Å². The third kappa shape index (κ3) is 3.78. The number of rotatable bonds is 5. The molecule has 0 aliphatic carbocycles. The largest absolute Gasteiger partial charge is 0.497 e. The number of hydrogen-bond donors (Lipinski definition) is 1. The highest BCUT2D eigenvalue weighted by Crippen LogP contribution is 2.15. The summed E-state index contributed by atoms with van der Waals surface area (Å²) in [6.07, 6.45) is 2.09. The molecule has 1 N–H and O–H groups in total. The molecule has 1 atom stereocenters. The lowest BCUT2D eigenvalue weighted by Gasteiger charge is -2.26. The van der Waals surface area contributed by atoms with Gasteiger partial charge in [0.25, 0.3) is 5.91 Å². The van der Waals surface area contributed by atoms with E-state index < -0.39 is 6.04 Å². The highest BCUT2D eigenvalue weighted by atomic mass is 16.5. The van der Waals surface area contributed by atoms with Gasteiger partial charge in [-0.1, -0.05) is 13.8 Å². The highest BCUT2D eigenvalue weighted by molar-refractivity contribution is 5.97. The molecule has 1 aliphatic rings. The van der Waals surface area contributed by atoms with Gasteiger partial charge >= 0.3 is 0 Å². The number of ether oxygens (including phenoxy) is 1. The van der Waals surface area contributed by atoms with Crippen LogP contribution in [0.5, 0.6) is 5.75 Å². The standard InChI is InChI=1S/C17H24N2O3/c1-12(2)15(17(21)19-10-4-5-11-19)18-16(20)13-6-8-14(22-3)9-7-13/h6-9,12,15H,4-5,10-11H2,1-3H3,(H,18,20)/t15-/m1/s1. The number of carbonyl (C=O) groups is 2. The molecule has 0 saturated carbocycles. The van der Waals surface area contributed by atoms with Gasteiger partial charge in [-0.05, 0) is 43.0 Å². The summed E-state index contributed by atoms with van der Waals surface area (Å²) < 4.78 is 5.08. The zero-order chi connectivity index (χ0) is 16.1. The molecule has 0 bridgehead atoms. The molecular formula is C17H24N2O3. The van der Waals surface area contributed by atoms with Gasteiger partial charge in [0.15, 0.2) is 0 Å². The van der Waals surface area contributed by atoms with E-state index in [1.165, 1.54) is 0 Å². The number of benzene rings is 1. The van der Waals surface area contributed by atoms with Crippen LogP contribution >= 0.6 is 0 Å². The first-order chi connectivity index (χ1) is 10.5. The van der Waals surface area contributed by atoms with Crippen LogP contribution < -0.4 is 10.1 Å². The Morgan fingerprint density at radius 2 is 1.73 bits per heavy atom.